The fraction of sp³-hybridized carbons (Fsp3) is 1.00. The van der Waals surface area contributed by atoms with E-state index in [2.05, 4.69) is 40.5 Å². The Hall–Kier alpha value is -0.160. The third-order valence-electron chi connectivity index (χ3n) is 6.93. The second kappa shape index (κ2) is 8.98. The first-order valence-electron chi connectivity index (χ1n) is 10.5. The first-order valence-corrected chi connectivity index (χ1v) is 10.5. The molecule has 0 saturated carbocycles. The Kier molecular flexibility index (Phi) is 6.97. The molecule has 3 saturated heterocycles. The highest BCUT2D eigenvalue weighted by atomic mass is 15.3. The van der Waals surface area contributed by atoms with E-state index in [1.807, 2.05) is 0 Å². The number of hydrogen-bond acceptors (Lipinski definition) is 4. The number of piperidine rings is 2. The molecule has 3 aliphatic rings. The molecule has 3 heterocycles. The summed E-state index contributed by atoms with van der Waals surface area (Å²) in [4.78, 5) is 10.5. The summed E-state index contributed by atoms with van der Waals surface area (Å²) in [5.74, 6) is 2.04. The van der Waals surface area contributed by atoms with Crippen LogP contribution in [0.15, 0.2) is 0 Å². The van der Waals surface area contributed by atoms with E-state index in [1.165, 1.54) is 91.1 Å². The van der Waals surface area contributed by atoms with Gasteiger partial charge in [0.05, 0.1) is 0 Å². The van der Waals surface area contributed by atoms with Crippen LogP contribution >= 0.6 is 0 Å². The smallest absolute Gasteiger partial charge is 0.0113 e. The molecule has 0 radical (unpaired) electrons. The van der Waals surface area contributed by atoms with Crippen molar-refractivity contribution in [3.8, 4) is 0 Å². The van der Waals surface area contributed by atoms with Crippen LogP contribution in [0.3, 0.4) is 0 Å². The molecule has 140 valence electrons. The van der Waals surface area contributed by atoms with E-state index in [0.717, 1.165) is 11.8 Å². The molecule has 0 aromatic heterocycles. The van der Waals surface area contributed by atoms with E-state index in [1.54, 1.807) is 0 Å². The van der Waals surface area contributed by atoms with Gasteiger partial charge in [0.1, 0.15) is 0 Å². The van der Waals surface area contributed by atoms with Crippen LogP contribution in [0.4, 0.5) is 0 Å². The van der Waals surface area contributed by atoms with Crippen LogP contribution in [0.25, 0.3) is 0 Å². The van der Waals surface area contributed by atoms with Crippen molar-refractivity contribution >= 4 is 0 Å². The van der Waals surface area contributed by atoms with Gasteiger partial charge in [0.15, 0.2) is 0 Å². The monoisotopic (exact) mass is 336 g/mol. The minimum absolute atomic E-state index is 0.714. The van der Waals surface area contributed by atoms with Gasteiger partial charge in [0.2, 0.25) is 0 Å². The van der Waals surface area contributed by atoms with Gasteiger partial charge >= 0.3 is 0 Å². The summed E-state index contributed by atoms with van der Waals surface area (Å²) in [5.41, 5.74) is 0. The van der Waals surface area contributed by atoms with Gasteiger partial charge in [-0.3, -0.25) is 9.80 Å². The van der Waals surface area contributed by atoms with Gasteiger partial charge < -0.3 is 9.80 Å². The predicted molar refractivity (Wildman–Crippen MR) is 103 cm³/mol. The molecule has 0 aliphatic carbocycles. The standard InChI is InChI=1S/C20H40N4/c1-18(2)24-16-14-23(15-17-24)13-12-22-10-6-20(7-11-22)19-4-8-21(3)9-5-19/h18-20H,4-17H2,1-3H3. The molecular weight excluding hydrogens is 296 g/mol. The molecule has 0 N–H and O–H groups in total. The molecule has 0 spiro atoms. The molecular formula is C20H40N4. The topological polar surface area (TPSA) is 13.0 Å². The van der Waals surface area contributed by atoms with Crippen molar-refractivity contribution in [1.82, 2.24) is 19.6 Å². The summed E-state index contributed by atoms with van der Waals surface area (Å²) in [7, 11) is 2.28. The number of rotatable bonds is 5. The summed E-state index contributed by atoms with van der Waals surface area (Å²) in [6.45, 7) is 17.6. The summed E-state index contributed by atoms with van der Waals surface area (Å²) in [5, 5.41) is 0. The van der Waals surface area contributed by atoms with Crippen molar-refractivity contribution in [2.45, 2.75) is 45.6 Å². The van der Waals surface area contributed by atoms with Crippen LogP contribution in [-0.2, 0) is 0 Å². The zero-order valence-electron chi connectivity index (χ0n) is 16.4. The van der Waals surface area contributed by atoms with Gasteiger partial charge in [-0.15, -0.1) is 0 Å². The number of likely N-dealkylation sites (tertiary alicyclic amines) is 2. The molecule has 3 rings (SSSR count). The van der Waals surface area contributed by atoms with E-state index in [0.29, 0.717) is 6.04 Å². The van der Waals surface area contributed by atoms with E-state index >= 15 is 0 Å². The average Bonchev–Trinajstić information content (AvgIpc) is 2.61. The Labute approximate surface area is 150 Å². The molecule has 0 bridgehead atoms. The second-order valence-electron chi connectivity index (χ2n) is 8.79. The zero-order chi connectivity index (χ0) is 16.9. The molecule has 0 unspecified atom stereocenters. The van der Waals surface area contributed by atoms with Crippen molar-refractivity contribution in [2.75, 3.05) is 72.5 Å². The SMILES string of the molecule is CC(C)N1CCN(CCN2CCC(C3CCN(C)CC3)CC2)CC1. The Morgan fingerprint density at radius 1 is 0.667 bits per heavy atom. The summed E-state index contributed by atoms with van der Waals surface area (Å²) in [6.07, 6.45) is 5.80. The quantitative estimate of drug-likeness (QED) is 0.762. The fourth-order valence-electron chi connectivity index (χ4n) is 4.93. The van der Waals surface area contributed by atoms with E-state index in [9.17, 15) is 0 Å². The molecule has 0 aromatic carbocycles. The first kappa shape index (κ1) is 18.6. The zero-order valence-corrected chi connectivity index (χ0v) is 16.4. The number of nitrogens with zero attached hydrogens (tertiary/aromatic N) is 4. The summed E-state index contributed by atoms with van der Waals surface area (Å²) in [6, 6.07) is 0.714. The molecule has 3 fully saturated rings. The lowest BCUT2D eigenvalue weighted by Crippen LogP contribution is -2.50. The van der Waals surface area contributed by atoms with Crippen LogP contribution < -0.4 is 0 Å². The molecule has 0 amide bonds. The molecule has 24 heavy (non-hydrogen) atoms. The van der Waals surface area contributed by atoms with Crippen molar-refractivity contribution in [2.24, 2.45) is 11.8 Å². The van der Waals surface area contributed by atoms with Crippen LogP contribution in [0.2, 0.25) is 0 Å². The van der Waals surface area contributed by atoms with Gasteiger partial charge in [-0.05, 0) is 84.6 Å². The highest BCUT2D eigenvalue weighted by molar-refractivity contribution is 4.82. The van der Waals surface area contributed by atoms with Crippen LogP contribution in [0, 0.1) is 11.8 Å². The van der Waals surface area contributed by atoms with Crippen molar-refractivity contribution in [3.63, 3.8) is 0 Å². The molecule has 0 atom stereocenters. The van der Waals surface area contributed by atoms with E-state index < -0.39 is 0 Å². The highest BCUT2D eigenvalue weighted by Crippen LogP contribution is 2.32. The first-order chi connectivity index (χ1) is 11.6. The Morgan fingerprint density at radius 3 is 1.62 bits per heavy atom. The van der Waals surface area contributed by atoms with Crippen LogP contribution in [0.5, 0.6) is 0 Å². The van der Waals surface area contributed by atoms with Gasteiger partial charge in [-0.2, -0.15) is 0 Å². The second-order valence-corrected chi connectivity index (χ2v) is 8.79. The van der Waals surface area contributed by atoms with Gasteiger partial charge in [0, 0.05) is 45.3 Å². The fourth-order valence-corrected chi connectivity index (χ4v) is 4.93. The lowest BCUT2D eigenvalue weighted by atomic mass is 9.79. The van der Waals surface area contributed by atoms with Crippen molar-refractivity contribution < 1.29 is 0 Å². The molecule has 4 heteroatoms. The Morgan fingerprint density at radius 2 is 1.12 bits per heavy atom. The van der Waals surface area contributed by atoms with Gasteiger partial charge in [0.25, 0.3) is 0 Å². The molecule has 3 aliphatic heterocycles. The minimum atomic E-state index is 0.714. The van der Waals surface area contributed by atoms with Gasteiger partial charge in [-0.25, -0.2) is 0 Å². The highest BCUT2D eigenvalue weighted by Gasteiger charge is 2.29. The van der Waals surface area contributed by atoms with Crippen molar-refractivity contribution in [1.29, 1.82) is 0 Å². The number of piperazine rings is 1. The molecule has 4 nitrogen and oxygen atoms in total. The third-order valence-corrected chi connectivity index (χ3v) is 6.93. The summed E-state index contributed by atoms with van der Waals surface area (Å²) < 4.78 is 0. The van der Waals surface area contributed by atoms with Crippen LogP contribution in [0.1, 0.15) is 39.5 Å². The Balaban J connectivity index is 1.30. The van der Waals surface area contributed by atoms with Crippen LogP contribution in [-0.4, -0.2) is 98.1 Å². The largest absolute Gasteiger partial charge is 0.306 e. The van der Waals surface area contributed by atoms with E-state index in [4.69, 9.17) is 0 Å². The Bertz CT molecular complexity index is 349. The average molecular weight is 337 g/mol. The maximum absolute atomic E-state index is 2.74. The third kappa shape index (κ3) is 5.17. The van der Waals surface area contributed by atoms with Crippen molar-refractivity contribution in [3.05, 3.63) is 0 Å². The predicted octanol–water partition coefficient (Wildman–Crippen LogP) is 2.07. The minimum Gasteiger partial charge on any atom is -0.306 e. The maximum Gasteiger partial charge on any atom is 0.0113 e. The lowest BCUT2D eigenvalue weighted by molar-refractivity contribution is 0.0785. The normalized spacial score (nSPS) is 28.0. The van der Waals surface area contributed by atoms with Gasteiger partial charge in [-0.1, -0.05) is 0 Å². The molecule has 0 aromatic rings. The number of hydrogen-bond donors (Lipinski definition) is 0. The summed E-state index contributed by atoms with van der Waals surface area (Å²) >= 11 is 0. The van der Waals surface area contributed by atoms with E-state index in [-0.39, 0.29) is 0 Å². The lowest BCUT2D eigenvalue weighted by Gasteiger charge is -2.41. The maximum atomic E-state index is 2.74.